The first-order valence-electron chi connectivity index (χ1n) is 26.6. The van der Waals surface area contributed by atoms with E-state index in [1.165, 1.54) is 19.3 Å². The molecule has 0 aliphatic carbocycles. The summed E-state index contributed by atoms with van der Waals surface area (Å²) in [6.45, 7) is 6.23. The second-order valence-electron chi connectivity index (χ2n) is 16.8. The van der Waals surface area contributed by atoms with Crippen molar-refractivity contribution < 1.29 is 28.6 Å². The largest absolute Gasteiger partial charge is 0.462 e. The highest BCUT2D eigenvalue weighted by Crippen LogP contribution is 2.12. The maximum Gasteiger partial charge on any atom is 0.306 e. The van der Waals surface area contributed by atoms with Gasteiger partial charge in [0.05, 0.1) is 0 Å². The minimum Gasteiger partial charge on any atom is -0.462 e. The maximum atomic E-state index is 12.8. The van der Waals surface area contributed by atoms with E-state index in [1.807, 2.05) is 24.3 Å². The van der Waals surface area contributed by atoms with Gasteiger partial charge in [0.25, 0.3) is 0 Å². The summed E-state index contributed by atoms with van der Waals surface area (Å²) in [5.41, 5.74) is 0. The molecule has 0 radical (unpaired) electrons. The number of ether oxygens (including phenoxy) is 3. The number of unbranched alkanes of at least 4 members (excludes halogenated alkanes) is 14. The average molecular weight is 935 g/mol. The zero-order chi connectivity index (χ0) is 49.3. The number of hydrogen-bond donors (Lipinski definition) is 0. The van der Waals surface area contributed by atoms with E-state index in [9.17, 15) is 14.4 Å². The Kier molecular flexibility index (Phi) is 50.6. The molecule has 0 heterocycles. The van der Waals surface area contributed by atoms with Crippen LogP contribution >= 0.6 is 0 Å². The third-order valence-corrected chi connectivity index (χ3v) is 10.4. The van der Waals surface area contributed by atoms with Gasteiger partial charge in [-0.15, -0.1) is 0 Å². The summed E-state index contributed by atoms with van der Waals surface area (Å²) in [4.78, 5) is 38.1. The van der Waals surface area contributed by atoms with Crippen LogP contribution in [0.3, 0.4) is 0 Å². The molecule has 0 rings (SSSR count). The predicted molar refractivity (Wildman–Crippen MR) is 292 cm³/mol. The fourth-order valence-corrected chi connectivity index (χ4v) is 6.50. The number of carbonyl (C=O) groups excluding carboxylic acids is 3. The van der Waals surface area contributed by atoms with Crippen molar-refractivity contribution in [3.05, 3.63) is 158 Å². The van der Waals surface area contributed by atoms with Crippen molar-refractivity contribution in [1.82, 2.24) is 0 Å². The number of hydrogen-bond acceptors (Lipinski definition) is 6. The van der Waals surface area contributed by atoms with Gasteiger partial charge in [-0.25, -0.2) is 0 Å². The van der Waals surface area contributed by atoms with Crippen molar-refractivity contribution in [1.29, 1.82) is 0 Å². The Morgan fingerprint density at radius 1 is 0.324 bits per heavy atom. The van der Waals surface area contributed by atoms with E-state index in [0.29, 0.717) is 19.3 Å². The quantitative estimate of drug-likeness (QED) is 0.0199. The Morgan fingerprint density at radius 3 is 1.10 bits per heavy atom. The van der Waals surface area contributed by atoms with Gasteiger partial charge < -0.3 is 14.2 Å². The van der Waals surface area contributed by atoms with E-state index < -0.39 is 6.10 Å². The van der Waals surface area contributed by atoms with Crippen LogP contribution in [0.4, 0.5) is 0 Å². The van der Waals surface area contributed by atoms with Crippen molar-refractivity contribution in [2.75, 3.05) is 13.2 Å². The van der Waals surface area contributed by atoms with Crippen LogP contribution in [0.5, 0.6) is 0 Å². The smallest absolute Gasteiger partial charge is 0.306 e. The third-order valence-electron chi connectivity index (χ3n) is 10.4. The van der Waals surface area contributed by atoms with E-state index in [1.54, 1.807) is 0 Å². The summed E-state index contributed by atoms with van der Waals surface area (Å²) in [6, 6.07) is 0. The highest BCUT2D eigenvalue weighted by molar-refractivity contribution is 5.71. The highest BCUT2D eigenvalue weighted by Gasteiger charge is 2.19. The SMILES string of the molecule is CC\C=C/C=C\C=C/C=C\CCCCCCCC(=O)OCC(COC(=O)CCCCCCC\C=C/C=C\C=C/C=C\CCCCC)OC(=O)CCC/C=C\C/C=C\C/C=C\C/C=C\C/C=C\CC. The van der Waals surface area contributed by atoms with Gasteiger partial charge in [-0.2, -0.15) is 0 Å². The molecule has 0 aromatic heterocycles. The molecule has 6 nitrogen and oxygen atoms in total. The normalized spacial score (nSPS) is 13.4. The first kappa shape index (κ1) is 63.0. The second kappa shape index (κ2) is 54.6. The van der Waals surface area contributed by atoms with Crippen LogP contribution < -0.4 is 0 Å². The van der Waals surface area contributed by atoms with Gasteiger partial charge in [0.2, 0.25) is 0 Å². The fraction of sp³-hybridized carbons (Fsp3) is 0.532. The van der Waals surface area contributed by atoms with Gasteiger partial charge in [0, 0.05) is 19.3 Å². The number of rotatable bonds is 45. The Balaban J connectivity index is 4.61. The van der Waals surface area contributed by atoms with E-state index in [4.69, 9.17) is 14.2 Å². The Morgan fingerprint density at radius 2 is 0.662 bits per heavy atom. The van der Waals surface area contributed by atoms with Crippen LogP contribution in [0.2, 0.25) is 0 Å². The Hall–Kier alpha value is -4.97. The lowest BCUT2D eigenvalue weighted by atomic mass is 10.1. The lowest BCUT2D eigenvalue weighted by Gasteiger charge is -2.18. The minimum absolute atomic E-state index is 0.129. The lowest BCUT2D eigenvalue weighted by Crippen LogP contribution is -2.30. The van der Waals surface area contributed by atoms with E-state index in [-0.39, 0.29) is 37.5 Å². The molecule has 6 heteroatoms. The maximum absolute atomic E-state index is 12.8. The van der Waals surface area contributed by atoms with Crippen molar-refractivity contribution in [2.24, 2.45) is 0 Å². The molecule has 1 unspecified atom stereocenters. The van der Waals surface area contributed by atoms with Gasteiger partial charge in [-0.05, 0) is 103 Å². The summed E-state index contributed by atoms with van der Waals surface area (Å²) < 4.78 is 16.7. The van der Waals surface area contributed by atoms with Gasteiger partial charge in [-0.3, -0.25) is 14.4 Å². The third kappa shape index (κ3) is 52.0. The molecule has 0 saturated heterocycles. The monoisotopic (exact) mass is 935 g/mol. The summed E-state index contributed by atoms with van der Waals surface area (Å²) >= 11 is 0. The molecule has 0 aromatic rings. The molecule has 0 aliphatic rings. The summed E-state index contributed by atoms with van der Waals surface area (Å²) in [7, 11) is 0. The predicted octanol–water partition coefficient (Wildman–Crippen LogP) is 17.8. The van der Waals surface area contributed by atoms with Gasteiger partial charge >= 0.3 is 17.9 Å². The molecule has 0 saturated carbocycles. The molecule has 0 spiro atoms. The fourth-order valence-electron chi connectivity index (χ4n) is 6.50. The molecular weight excluding hydrogens is 841 g/mol. The summed E-state index contributed by atoms with van der Waals surface area (Å²) in [5, 5.41) is 0. The standard InChI is InChI=1S/C62H94O6/c1-4-7-10-13-16-19-22-25-28-30-32-34-37-40-43-46-49-52-55-61(64)67-58-59(57-66-60(63)54-51-48-45-42-39-36-33-27-24-21-18-15-12-9-6-3)68-62(65)56-53-50-47-44-41-38-35-31-29-26-23-20-17-14-11-8-5-2/h8-9,11-12,15-22,24-30,32-35,38,44,47,59H,4-7,10,13-14,23,31,36-37,39-43,45-46,48-58H2,1-3H3/b11-8-,12-9-,18-15-,19-16-,20-17-,24-21-,25-22-,29-26-,30-28-,33-27-,34-32-,38-35-,47-44-. The number of allylic oxidation sites excluding steroid dienone is 26. The lowest BCUT2D eigenvalue weighted by molar-refractivity contribution is -0.167. The van der Waals surface area contributed by atoms with E-state index in [0.717, 1.165) is 128 Å². The van der Waals surface area contributed by atoms with Crippen LogP contribution in [0.25, 0.3) is 0 Å². The summed E-state index contributed by atoms with van der Waals surface area (Å²) in [6.07, 6.45) is 79.4. The zero-order valence-corrected chi connectivity index (χ0v) is 43.0. The van der Waals surface area contributed by atoms with E-state index >= 15 is 0 Å². The Labute approximate surface area is 416 Å². The van der Waals surface area contributed by atoms with Crippen molar-refractivity contribution in [3.8, 4) is 0 Å². The van der Waals surface area contributed by atoms with Crippen LogP contribution in [0.1, 0.15) is 194 Å². The molecular formula is C62H94O6. The van der Waals surface area contributed by atoms with Crippen LogP contribution in [0, 0.1) is 0 Å². The van der Waals surface area contributed by atoms with Gasteiger partial charge in [0.15, 0.2) is 6.10 Å². The molecule has 0 N–H and O–H groups in total. The molecule has 378 valence electrons. The first-order chi connectivity index (χ1) is 33.5. The average Bonchev–Trinajstić information content (AvgIpc) is 3.34. The molecule has 0 fully saturated rings. The van der Waals surface area contributed by atoms with Crippen molar-refractivity contribution in [2.45, 2.75) is 200 Å². The molecule has 1 atom stereocenters. The van der Waals surface area contributed by atoms with Crippen molar-refractivity contribution >= 4 is 17.9 Å². The Bertz CT molecular complexity index is 1590. The van der Waals surface area contributed by atoms with Crippen LogP contribution in [0.15, 0.2) is 158 Å². The van der Waals surface area contributed by atoms with Crippen LogP contribution in [-0.4, -0.2) is 37.2 Å². The van der Waals surface area contributed by atoms with Crippen LogP contribution in [-0.2, 0) is 28.6 Å². The minimum atomic E-state index is -0.836. The topological polar surface area (TPSA) is 78.9 Å². The van der Waals surface area contributed by atoms with Gasteiger partial charge in [0.1, 0.15) is 13.2 Å². The van der Waals surface area contributed by atoms with Gasteiger partial charge in [-0.1, -0.05) is 230 Å². The highest BCUT2D eigenvalue weighted by atomic mass is 16.6. The first-order valence-corrected chi connectivity index (χ1v) is 26.6. The molecule has 0 aromatic carbocycles. The summed E-state index contributed by atoms with van der Waals surface area (Å²) in [5.74, 6) is -1.04. The molecule has 0 amide bonds. The zero-order valence-electron chi connectivity index (χ0n) is 43.0. The number of esters is 3. The molecule has 0 bridgehead atoms. The second-order valence-corrected chi connectivity index (χ2v) is 16.8. The van der Waals surface area contributed by atoms with E-state index in [2.05, 4.69) is 154 Å². The molecule has 0 aliphatic heterocycles. The number of carbonyl (C=O) groups is 3. The molecule has 68 heavy (non-hydrogen) atoms. The van der Waals surface area contributed by atoms with Crippen molar-refractivity contribution in [3.63, 3.8) is 0 Å².